The van der Waals surface area contributed by atoms with Crippen molar-refractivity contribution in [1.82, 2.24) is 20.3 Å². The molecule has 29 heavy (non-hydrogen) atoms. The number of rotatable bonds is 8. The van der Waals surface area contributed by atoms with Crippen LogP contribution in [0.5, 0.6) is 11.5 Å². The Bertz CT molecular complexity index is 757. The molecule has 0 aliphatic carbocycles. The van der Waals surface area contributed by atoms with Gasteiger partial charge in [-0.05, 0) is 26.0 Å². The predicted molar refractivity (Wildman–Crippen MR) is 112 cm³/mol. The van der Waals surface area contributed by atoms with Crippen molar-refractivity contribution in [2.24, 2.45) is 4.99 Å². The summed E-state index contributed by atoms with van der Waals surface area (Å²) < 4.78 is 16.2. The van der Waals surface area contributed by atoms with E-state index in [1.54, 1.807) is 13.4 Å². The lowest BCUT2D eigenvalue weighted by Crippen LogP contribution is -2.52. The summed E-state index contributed by atoms with van der Waals surface area (Å²) in [5.74, 6) is 2.52. The second-order valence-corrected chi connectivity index (χ2v) is 7.06. The number of nitrogens with one attached hydrogen (secondary N) is 1. The fourth-order valence-corrected chi connectivity index (χ4v) is 3.25. The molecule has 8 heteroatoms. The highest BCUT2D eigenvalue weighted by Gasteiger charge is 2.20. The van der Waals surface area contributed by atoms with Crippen molar-refractivity contribution in [1.29, 1.82) is 0 Å². The summed E-state index contributed by atoms with van der Waals surface area (Å²) in [6.45, 7) is 10.1. The smallest absolute Gasteiger partial charge is 0.194 e. The van der Waals surface area contributed by atoms with Crippen molar-refractivity contribution in [3.8, 4) is 11.5 Å². The lowest BCUT2D eigenvalue weighted by molar-refractivity contribution is 0.168. The van der Waals surface area contributed by atoms with E-state index in [0.29, 0.717) is 6.54 Å². The SMILES string of the molecule is CCNC(=NCC(C)Oc1cccc(OC)c1)N1CCN(Cc2ccon2)CC1. The number of aromatic nitrogens is 1. The van der Waals surface area contributed by atoms with Gasteiger partial charge in [-0.25, -0.2) is 4.99 Å². The maximum absolute atomic E-state index is 5.99. The number of methoxy groups -OCH3 is 1. The van der Waals surface area contributed by atoms with E-state index in [1.807, 2.05) is 37.3 Å². The standard InChI is InChI=1S/C21H31N5O3/c1-4-22-21(23-15-17(2)29-20-7-5-6-19(14-20)27-3)26-11-9-25(10-12-26)16-18-8-13-28-24-18/h5-8,13-14,17H,4,9-12,15-16H2,1-3H3,(H,22,23). The summed E-state index contributed by atoms with van der Waals surface area (Å²) in [4.78, 5) is 9.49. The Hall–Kier alpha value is -2.74. The third-order valence-corrected chi connectivity index (χ3v) is 4.76. The molecule has 1 aliphatic heterocycles. The monoisotopic (exact) mass is 401 g/mol. The molecule has 0 spiro atoms. The minimum absolute atomic E-state index is 0.0378. The van der Waals surface area contributed by atoms with Gasteiger partial charge in [0.1, 0.15) is 23.9 Å². The van der Waals surface area contributed by atoms with Crippen LogP contribution in [0.2, 0.25) is 0 Å². The molecule has 8 nitrogen and oxygen atoms in total. The van der Waals surface area contributed by atoms with Crippen molar-refractivity contribution in [3.05, 3.63) is 42.3 Å². The van der Waals surface area contributed by atoms with Gasteiger partial charge in [0.25, 0.3) is 0 Å². The minimum atomic E-state index is -0.0378. The molecule has 2 heterocycles. The molecule has 1 N–H and O–H groups in total. The fourth-order valence-electron chi connectivity index (χ4n) is 3.25. The average molecular weight is 402 g/mol. The molecule has 1 aliphatic rings. The molecule has 3 rings (SSSR count). The largest absolute Gasteiger partial charge is 0.497 e. The van der Waals surface area contributed by atoms with E-state index in [4.69, 9.17) is 19.0 Å². The Kier molecular flexibility index (Phi) is 7.75. The average Bonchev–Trinajstić information content (AvgIpc) is 3.25. The Labute approximate surface area is 172 Å². The van der Waals surface area contributed by atoms with Gasteiger partial charge in [-0.15, -0.1) is 0 Å². The molecule has 2 aromatic rings. The van der Waals surface area contributed by atoms with Crippen LogP contribution < -0.4 is 14.8 Å². The Morgan fingerprint density at radius 1 is 1.24 bits per heavy atom. The van der Waals surface area contributed by atoms with Gasteiger partial charge in [0, 0.05) is 51.4 Å². The molecular weight excluding hydrogens is 370 g/mol. The first-order chi connectivity index (χ1) is 14.2. The fraction of sp³-hybridized carbons (Fsp3) is 0.524. The number of hydrogen-bond donors (Lipinski definition) is 1. The highest BCUT2D eigenvalue weighted by atomic mass is 16.5. The van der Waals surface area contributed by atoms with Gasteiger partial charge >= 0.3 is 0 Å². The van der Waals surface area contributed by atoms with Gasteiger partial charge in [0.05, 0.1) is 19.3 Å². The molecule has 1 aromatic heterocycles. The van der Waals surface area contributed by atoms with Crippen molar-refractivity contribution >= 4 is 5.96 Å². The molecule has 0 amide bonds. The molecule has 1 fully saturated rings. The molecule has 0 radical (unpaired) electrons. The van der Waals surface area contributed by atoms with E-state index in [9.17, 15) is 0 Å². The van der Waals surface area contributed by atoms with Crippen LogP contribution in [0.25, 0.3) is 0 Å². The van der Waals surface area contributed by atoms with Crippen molar-refractivity contribution in [3.63, 3.8) is 0 Å². The van der Waals surface area contributed by atoms with Gasteiger partial charge in [-0.1, -0.05) is 11.2 Å². The normalized spacial score (nSPS) is 16.5. The van der Waals surface area contributed by atoms with Gasteiger partial charge in [-0.2, -0.15) is 0 Å². The first-order valence-corrected chi connectivity index (χ1v) is 10.1. The van der Waals surface area contributed by atoms with Gasteiger partial charge < -0.3 is 24.2 Å². The maximum Gasteiger partial charge on any atom is 0.194 e. The van der Waals surface area contributed by atoms with E-state index < -0.39 is 0 Å². The van der Waals surface area contributed by atoms with Crippen molar-refractivity contribution in [2.75, 3.05) is 46.4 Å². The van der Waals surface area contributed by atoms with Gasteiger partial charge in [0.15, 0.2) is 5.96 Å². The lowest BCUT2D eigenvalue weighted by atomic mass is 10.3. The van der Waals surface area contributed by atoms with E-state index in [-0.39, 0.29) is 6.10 Å². The number of nitrogens with zero attached hydrogens (tertiary/aromatic N) is 4. The third-order valence-electron chi connectivity index (χ3n) is 4.76. The van der Waals surface area contributed by atoms with E-state index >= 15 is 0 Å². The number of piperazine rings is 1. The number of ether oxygens (including phenoxy) is 2. The summed E-state index contributed by atoms with van der Waals surface area (Å²) in [6.07, 6.45) is 1.58. The van der Waals surface area contributed by atoms with Crippen molar-refractivity contribution < 1.29 is 14.0 Å². The van der Waals surface area contributed by atoms with Crippen LogP contribution in [-0.4, -0.2) is 73.4 Å². The van der Waals surface area contributed by atoms with Gasteiger partial charge in [0.2, 0.25) is 0 Å². The zero-order valence-corrected chi connectivity index (χ0v) is 17.5. The van der Waals surface area contributed by atoms with Crippen LogP contribution >= 0.6 is 0 Å². The summed E-state index contributed by atoms with van der Waals surface area (Å²) in [6, 6.07) is 9.57. The van der Waals surface area contributed by atoms with Crippen LogP contribution in [0.15, 0.2) is 46.1 Å². The van der Waals surface area contributed by atoms with E-state index in [0.717, 1.165) is 62.4 Å². The highest BCUT2D eigenvalue weighted by molar-refractivity contribution is 5.80. The topological polar surface area (TPSA) is 75.4 Å². The van der Waals surface area contributed by atoms with Crippen LogP contribution in [0, 0.1) is 0 Å². The Morgan fingerprint density at radius 2 is 2.03 bits per heavy atom. The van der Waals surface area contributed by atoms with Crippen LogP contribution in [0.3, 0.4) is 0 Å². The molecule has 1 unspecified atom stereocenters. The number of guanidine groups is 1. The lowest BCUT2D eigenvalue weighted by Gasteiger charge is -2.36. The number of aliphatic imine (C=N–C) groups is 1. The minimum Gasteiger partial charge on any atom is -0.497 e. The Morgan fingerprint density at radius 3 is 2.72 bits per heavy atom. The quantitative estimate of drug-likeness (QED) is 0.537. The molecule has 1 atom stereocenters. The predicted octanol–water partition coefficient (Wildman–Crippen LogP) is 2.23. The summed E-state index contributed by atoms with van der Waals surface area (Å²) in [5.41, 5.74) is 0.975. The summed E-state index contributed by atoms with van der Waals surface area (Å²) in [5, 5.41) is 7.40. The maximum atomic E-state index is 5.99. The molecule has 1 saturated heterocycles. The van der Waals surface area contributed by atoms with Crippen LogP contribution in [-0.2, 0) is 6.54 Å². The molecule has 1 aromatic carbocycles. The Balaban J connectivity index is 1.51. The first-order valence-electron chi connectivity index (χ1n) is 10.1. The van der Waals surface area contributed by atoms with Crippen molar-refractivity contribution in [2.45, 2.75) is 26.5 Å². The summed E-state index contributed by atoms with van der Waals surface area (Å²) >= 11 is 0. The first kappa shape index (κ1) is 21.0. The molecule has 158 valence electrons. The molecule has 0 bridgehead atoms. The summed E-state index contributed by atoms with van der Waals surface area (Å²) in [7, 11) is 1.65. The number of hydrogen-bond acceptors (Lipinski definition) is 6. The van der Waals surface area contributed by atoms with E-state index in [1.165, 1.54) is 0 Å². The second-order valence-electron chi connectivity index (χ2n) is 7.06. The van der Waals surface area contributed by atoms with Crippen LogP contribution in [0.1, 0.15) is 19.5 Å². The van der Waals surface area contributed by atoms with E-state index in [2.05, 4.69) is 27.2 Å². The number of benzene rings is 1. The van der Waals surface area contributed by atoms with Gasteiger partial charge in [-0.3, -0.25) is 4.90 Å². The molecular formula is C21H31N5O3. The highest BCUT2D eigenvalue weighted by Crippen LogP contribution is 2.20. The second kappa shape index (κ2) is 10.7. The molecule has 0 saturated carbocycles. The third kappa shape index (κ3) is 6.39. The zero-order valence-electron chi connectivity index (χ0n) is 17.5. The zero-order chi connectivity index (χ0) is 20.5. The van der Waals surface area contributed by atoms with Crippen LogP contribution in [0.4, 0.5) is 0 Å².